The molecule has 0 spiro atoms. The third-order valence-corrected chi connectivity index (χ3v) is 1.31. The Morgan fingerprint density at radius 2 is 1.92 bits per heavy atom. The van der Waals surface area contributed by atoms with Crippen molar-refractivity contribution in [3.05, 3.63) is 29.8 Å². The molecular weight excluding hydrogens is 166 g/mol. The molecule has 0 saturated heterocycles. The predicted octanol–water partition coefficient (Wildman–Crippen LogP) is 1.76. The SMILES string of the molecule is CCOC=O.Cc1ccc(N)cc1. The van der Waals surface area contributed by atoms with Crippen LogP contribution in [-0.2, 0) is 9.53 Å². The summed E-state index contributed by atoms with van der Waals surface area (Å²) in [6, 6.07) is 7.79. The third-order valence-electron chi connectivity index (χ3n) is 1.31. The molecule has 0 fully saturated rings. The van der Waals surface area contributed by atoms with E-state index in [2.05, 4.69) is 4.74 Å². The lowest BCUT2D eigenvalue weighted by Crippen LogP contribution is -1.81. The minimum Gasteiger partial charge on any atom is -0.468 e. The Labute approximate surface area is 78.5 Å². The number of aryl methyl sites for hydroxylation is 1. The largest absolute Gasteiger partial charge is 0.468 e. The number of hydrogen-bond donors (Lipinski definition) is 1. The smallest absolute Gasteiger partial charge is 0.293 e. The van der Waals surface area contributed by atoms with Gasteiger partial charge < -0.3 is 10.5 Å². The van der Waals surface area contributed by atoms with Gasteiger partial charge in [-0.05, 0) is 26.0 Å². The van der Waals surface area contributed by atoms with Crippen LogP contribution in [0.4, 0.5) is 5.69 Å². The number of carbonyl (C=O) groups is 1. The van der Waals surface area contributed by atoms with Gasteiger partial charge >= 0.3 is 0 Å². The second-order valence-electron chi connectivity index (χ2n) is 2.46. The zero-order chi connectivity index (χ0) is 10.1. The summed E-state index contributed by atoms with van der Waals surface area (Å²) in [5.41, 5.74) is 7.51. The highest BCUT2D eigenvalue weighted by molar-refractivity contribution is 5.38. The van der Waals surface area contributed by atoms with Gasteiger partial charge in [-0.25, -0.2) is 0 Å². The van der Waals surface area contributed by atoms with Crippen molar-refractivity contribution in [2.24, 2.45) is 0 Å². The van der Waals surface area contributed by atoms with E-state index in [0.29, 0.717) is 13.1 Å². The number of rotatable bonds is 2. The lowest BCUT2D eigenvalue weighted by Gasteiger charge is -1.90. The molecule has 3 heteroatoms. The maximum absolute atomic E-state index is 9.18. The number of nitrogens with two attached hydrogens (primary N) is 1. The van der Waals surface area contributed by atoms with Gasteiger partial charge in [0.2, 0.25) is 0 Å². The Morgan fingerprint density at radius 3 is 2.15 bits per heavy atom. The number of benzene rings is 1. The van der Waals surface area contributed by atoms with Gasteiger partial charge in [-0.15, -0.1) is 0 Å². The molecule has 0 amide bonds. The van der Waals surface area contributed by atoms with Crippen molar-refractivity contribution in [3.8, 4) is 0 Å². The summed E-state index contributed by atoms with van der Waals surface area (Å²) in [6.45, 7) is 4.71. The minimum absolute atomic E-state index is 0.431. The second kappa shape index (κ2) is 7.16. The molecule has 0 bridgehead atoms. The molecule has 0 aromatic heterocycles. The predicted molar refractivity (Wildman–Crippen MR) is 53.3 cm³/mol. The van der Waals surface area contributed by atoms with E-state index in [1.54, 1.807) is 6.92 Å². The van der Waals surface area contributed by atoms with Crippen molar-refractivity contribution in [2.45, 2.75) is 13.8 Å². The zero-order valence-electron chi connectivity index (χ0n) is 7.99. The minimum atomic E-state index is 0.431. The van der Waals surface area contributed by atoms with Crippen molar-refractivity contribution >= 4 is 12.2 Å². The molecule has 0 atom stereocenters. The van der Waals surface area contributed by atoms with E-state index in [-0.39, 0.29) is 0 Å². The number of anilines is 1. The van der Waals surface area contributed by atoms with Crippen LogP contribution in [0.5, 0.6) is 0 Å². The maximum Gasteiger partial charge on any atom is 0.293 e. The highest BCUT2D eigenvalue weighted by Gasteiger charge is 1.80. The number of ether oxygens (including phenoxy) is 1. The summed E-state index contributed by atoms with van der Waals surface area (Å²) in [6.07, 6.45) is 0. The summed E-state index contributed by atoms with van der Waals surface area (Å²) in [5.74, 6) is 0. The fraction of sp³-hybridized carbons (Fsp3) is 0.300. The van der Waals surface area contributed by atoms with Gasteiger partial charge in [-0.1, -0.05) is 17.7 Å². The molecule has 0 saturated carbocycles. The van der Waals surface area contributed by atoms with Gasteiger partial charge in [0.15, 0.2) is 0 Å². The molecule has 0 aliphatic carbocycles. The lowest BCUT2D eigenvalue weighted by molar-refractivity contribution is -0.128. The van der Waals surface area contributed by atoms with Crippen LogP contribution in [0, 0.1) is 6.92 Å². The van der Waals surface area contributed by atoms with Crippen LogP contribution in [-0.4, -0.2) is 13.1 Å². The molecule has 0 radical (unpaired) electrons. The van der Waals surface area contributed by atoms with Crippen LogP contribution in [0.3, 0.4) is 0 Å². The van der Waals surface area contributed by atoms with Gasteiger partial charge in [-0.3, -0.25) is 4.79 Å². The molecule has 3 nitrogen and oxygen atoms in total. The maximum atomic E-state index is 9.18. The fourth-order valence-electron chi connectivity index (χ4n) is 0.634. The van der Waals surface area contributed by atoms with Crippen molar-refractivity contribution in [1.82, 2.24) is 0 Å². The van der Waals surface area contributed by atoms with E-state index in [4.69, 9.17) is 5.73 Å². The topological polar surface area (TPSA) is 52.3 Å². The molecular formula is C10H15NO2. The van der Waals surface area contributed by atoms with Crippen LogP contribution >= 0.6 is 0 Å². The van der Waals surface area contributed by atoms with Crippen molar-refractivity contribution < 1.29 is 9.53 Å². The summed E-state index contributed by atoms with van der Waals surface area (Å²) in [4.78, 5) is 9.18. The van der Waals surface area contributed by atoms with E-state index < -0.39 is 0 Å². The van der Waals surface area contributed by atoms with Crippen molar-refractivity contribution in [3.63, 3.8) is 0 Å². The molecule has 1 aromatic rings. The quantitative estimate of drug-likeness (QED) is 0.558. The Bertz CT molecular complexity index is 210. The van der Waals surface area contributed by atoms with Gasteiger partial charge in [0.25, 0.3) is 6.47 Å². The Kier molecular flexibility index (Phi) is 6.32. The monoisotopic (exact) mass is 181 g/mol. The van der Waals surface area contributed by atoms with Gasteiger partial charge in [0, 0.05) is 5.69 Å². The summed E-state index contributed by atoms with van der Waals surface area (Å²) < 4.78 is 4.15. The first-order chi connectivity index (χ1) is 6.20. The highest BCUT2D eigenvalue weighted by atomic mass is 16.5. The average molecular weight is 181 g/mol. The molecule has 0 unspecified atom stereocenters. The number of hydrogen-bond acceptors (Lipinski definition) is 3. The Balaban J connectivity index is 0.000000252. The van der Waals surface area contributed by atoms with E-state index in [1.165, 1.54) is 5.56 Å². The second-order valence-corrected chi connectivity index (χ2v) is 2.46. The van der Waals surface area contributed by atoms with Crippen LogP contribution < -0.4 is 5.73 Å². The molecule has 0 aliphatic rings. The first-order valence-electron chi connectivity index (χ1n) is 4.08. The van der Waals surface area contributed by atoms with Crippen LogP contribution in [0.1, 0.15) is 12.5 Å². The highest BCUT2D eigenvalue weighted by Crippen LogP contribution is 2.02. The molecule has 1 rings (SSSR count). The first-order valence-corrected chi connectivity index (χ1v) is 4.08. The average Bonchev–Trinajstić information content (AvgIpc) is 2.13. The normalized spacial score (nSPS) is 8.15. The van der Waals surface area contributed by atoms with Crippen LogP contribution in [0.25, 0.3) is 0 Å². The van der Waals surface area contributed by atoms with Gasteiger partial charge in [0.05, 0.1) is 6.61 Å². The summed E-state index contributed by atoms with van der Waals surface area (Å²) in [7, 11) is 0. The number of nitrogen functional groups attached to an aromatic ring is 1. The Hall–Kier alpha value is -1.51. The van der Waals surface area contributed by atoms with E-state index in [1.807, 2.05) is 31.2 Å². The standard InChI is InChI=1S/C7H9N.C3H6O2/c1-6-2-4-7(8)5-3-6;1-2-5-3-4/h2-5H,8H2,1H3;3H,2H2,1H3. The molecule has 0 heterocycles. The van der Waals surface area contributed by atoms with Gasteiger partial charge in [-0.2, -0.15) is 0 Å². The lowest BCUT2D eigenvalue weighted by atomic mass is 10.2. The van der Waals surface area contributed by atoms with Crippen molar-refractivity contribution in [1.29, 1.82) is 0 Å². The summed E-state index contributed by atoms with van der Waals surface area (Å²) >= 11 is 0. The first kappa shape index (κ1) is 11.5. The van der Waals surface area contributed by atoms with Crippen LogP contribution in [0.2, 0.25) is 0 Å². The Morgan fingerprint density at radius 1 is 1.38 bits per heavy atom. The fourth-order valence-corrected chi connectivity index (χ4v) is 0.634. The van der Waals surface area contributed by atoms with Gasteiger partial charge in [0.1, 0.15) is 0 Å². The molecule has 1 aromatic carbocycles. The van der Waals surface area contributed by atoms with Crippen LogP contribution in [0.15, 0.2) is 24.3 Å². The van der Waals surface area contributed by atoms with E-state index >= 15 is 0 Å². The third kappa shape index (κ3) is 6.87. The summed E-state index contributed by atoms with van der Waals surface area (Å²) in [5, 5.41) is 0. The molecule has 0 aliphatic heterocycles. The zero-order valence-corrected chi connectivity index (χ0v) is 7.99. The number of carbonyl (C=O) groups excluding carboxylic acids is 1. The molecule has 72 valence electrons. The van der Waals surface area contributed by atoms with Crippen molar-refractivity contribution in [2.75, 3.05) is 12.3 Å². The van der Waals surface area contributed by atoms with E-state index in [9.17, 15) is 4.79 Å². The molecule has 13 heavy (non-hydrogen) atoms. The van der Waals surface area contributed by atoms with E-state index in [0.717, 1.165) is 5.69 Å². The molecule has 2 N–H and O–H groups in total.